The van der Waals surface area contributed by atoms with Crippen LogP contribution in [0, 0.1) is 22.7 Å². The molecular formula is C22H26N2O2S2. The highest BCUT2D eigenvalue weighted by atomic mass is 32.2. The zero-order chi connectivity index (χ0) is 20.3. The van der Waals surface area contributed by atoms with Gasteiger partial charge in [-0.25, -0.2) is 4.98 Å². The Morgan fingerprint density at radius 3 is 2.86 bits per heavy atom. The summed E-state index contributed by atoms with van der Waals surface area (Å²) in [6.07, 6.45) is 2.95. The lowest BCUT2D eigenvalue weighted by molar-refractivity contribution is -0.139. The van der Waals surface area contributed by atoms with Crippen molar-refractivity contribution in [1.82, 2.24) is 4.98 Å². The maximum atomic E-state index is 11.8. The van der Waals surface area contributed by atoms with Crippen LogP contribution in [-0.2, 0) is 22.4 Å². The smallest absolute Gasteiger partial charge is 0.316 e. The highest BCUT2D eigenvalue weighted by Gasteiger charge is 2.33. The lowest BCUT2D eigenvalue weighted by atomic mass is 9.70. The van der Waals surface area contributed by atoms with Gasteiger partial charge in [-0.1, -0.05) is 38.6 Å². The van der Waals surface area contributed by atoms with Gasteiger partial charge in [0.15, 0.2) is 0 Å². The van der Waals surface area contributed by atoms with Gasteiger partial charge >= 0.3 is 5.97 Å². The van der Waals surface area contributed by atoms with Gasteiger partial charge in [0, 0.05) is 16.1 Å². The predicted octanol–water partition coefficient (Wildman–Crippen LogP) is 5.49. The molecule has 1 aliphatic rings. The Morgan fingerprint density at radius 1 is 1.46 bits per heavy atom. The fourth-order valence-electron chi connectivity index (χ4n) is 3.70. The molecule has 0 saturated carbocycles. The molecule has 0 fully saturated rings. The van der Waals surface area contributed by atoms with Crippen molar-refractivity contribution in [3.8, 4) is 16.5 Å². The lowest BCUT2D eigenvalue weighted by Crippen LogP contribution is -2.28. The number of rotatable bonds is 5. The third kappa shape index (κ3) is 4.42. The maximum absolute atomic E-state index is 11.8. The molecule has 0 unspecified atom stereocenters. The van der Waals surface area contributed by atoms with Crippen LogP contribution in [0.3, 0.4) is 0 Å². The van der Waals surface area contributed by atoms with Crippen molar-refractivity contribution < 1.29 is 9.53 Å². The Labute approximate surface area is 175 Å². The molecule has 0 aliphatic heterocycles. The zero-order valence-electron chi connectivity index (χ0n) is 16.9. The summed E-state index contributed by atoms with van der Waals surface area (Å²) in [6.45, 7) is 9.01. The molecule has 6 heteroatoms. The van der Waals surface area contributed by atoms with Crippen LogP contribution in [0.15, 0.2) is 22.5 Å². The molecule has 2 heterocycles. The largest absolute Gasteiger partial charge is 0.465 e. The number of aryl methyl sites for hydroxylation is 1. The van der Waals surface area contributed by atoms with Crippen LogP contribution in [0.4, 0.5) is 0 Å². The summed E-state index contributed by atoms with van der Waals surface area (Å²) in [4.78, 5) is 17.8. The van der Waals surface area contributed by atoms with E-state index >= 15 is 0 Å². The van der Waals surface area contributed by atoms with E-state index < -0.39 is 0 Å². The number of ether oxygens (including phenoxy) is 1. The number of carbonyl (C=O) groups excluding carboxylic acids is 1. The van der Waals surface area contributed by atoms with E-state index in [1.54, 1.807) is 18.3 Å². The number of hydrogen-bond acceptors (Lipinski definition) is 6. The van der Waals surface area contributed by atoms with Gasteiger partial charge in [0.2, 0.25) is 0 Å². The second-order valence-electron chi connectivity index (χ2n) is 8.08. The average Bonchev–Trinajstić information content (AvgIpc) is 3.18. The van der Waals surface area contributed by atoms with E-state index in [0.29, 0.717) is 23.1 Å². The summed E-state index contributed by atoms with van der Waals surface area (Å²) in [5.74, 6) is 0.453. The van der Waals surface area contributed by atoms with Crippen molar-refractivity contribution in [3.05, 3.63) is 34.3 Å². The first kappa shape index (κ1) is 20.9. The van der Waals surface area contributed by atoms with E-state index in [2.05, 4.69) is 32.9 Å². The molecule has 1 atom stereocenters. The van der Waals surface area contributed by atoms with Crippen molar-refractivity contribution in [2.45, 2.75) is 52.0 Å². The number of carbonyl (C=O) groups is 1. The zero-order valence-corrected chi connectivity index (χ0v) is 18.5. The SMILES string of the molecule is CCOC(=O)CSc1nc2c(c(-c3cccs3)c1C#N)C[C@H](C(C)(C)C)CC2. The van der Waals surface area contributed by atoms with Gasteiger partial charge in [-0.2, -0.15) is 5.26 Å². The molecular weight excluding hydrogens is 388 g/mol. The van der Waals surface area contributed by atoms with E-state index in [4.69, 9.17) is 9.72 Å². The van der Waals surface area contributed by atoms with Crippen molar-refractivity contribution in [2.24, 2.45) is 11.3 Å². The maximum Gasteiger partial charge on any atom is 0.316 e. The van der Waals surface area contributed by atoms with Gasteiger partial charge < -0.3 is 4.74 Å². The second kappa shape index (κ2) is 8.67. The van der Waals surface area contributed by atoms with E-state index in [-0.39, 0.29) is 17.1 Å². The fourth-order valence-corrected chi connectivity index (χ4v) is 5.31. The molecule has 0 aromatic carbocycles. The number of nitrogens with zero attached hydrogens (tertiary/aromatic N) is 2. The molecule has 0 spiro atoms. The first-order valence-corrected chi connectivity index (χ1v) is 11.5. The molecule has 2 aromatic heterocycles. The van der Waals surface area contributed by atoms with Gasteiger partial charge in [-0.3, -0.25) is 4.79 Å². The number of aromatic nitrogens is 1. The van der Waals surface area contributed by atoms with Gasteiger partial charge in [0.1, 0.15) is 11.1 Å². The monoisotopic (exact) mass is 414 g/mol. The number of esters is 1. The number of fused-ring (bicyclic) bond motifs is 1. The highest BCUT2D eigenvalue weighted by Crippen LogP contribution is 2.44. The first-order valence-electron chi connectivity index (χ1n) is 9.63. The van der Waals surface area contributed by atoms with Gasteiger partial charge in [0.25, 0.3) is 0 Å². The third-order valence-corrected chi connectivity index (χ3v) is 7.10. The van der Waals surface area contributed by atoms with Crippen LogP contribution >= 0.6 is 23.1 Å². The van der Waals surface area contributed by atoms with Crippen molar-refractivity contribution in [2.75, 3.05) is 12.4 Å². The van der Waals surface area contributed by atoms with Crippen molar-refractivity contribution >= 4 is 29.1 Å². The summed E-state index contributed by atoms with van der Waals surface area (Å²) in [5.41, 5.74) is 4.11. The average molecular weight is 415 g/mol. The Kier molecular flexibility index (Phi) is 6.47. The van der Waals surface area contributed by atoms with E-state index in [1.807, 2.05) is 11.4 Å². The number of pyridine rings is 1. The van der Waals surface area contributed by atoms with Crippen LogP contribution in [0.5, 0.6) is 0 Å². The minimum atomic E-state index is -0.276. The number of thioether (sulfide) groups is 1. The Bertz CT molecular complexity index is 893. The molecule has 0 amide bonds. The quantitative estimate of drug-likeness (QED) is 0.478. The molecule has 4 nitrogen and oxygen atoms in total. The molecule has 0 N–H and O–H groups in total. The Morgan fingerprint density at radius 2 is 2.25 bits per heavy atom. The normalized spacial score (nSPS) is 16.3. The van der Waals surface area contributed by atoms with Crippen molar-refractivity contribution in [3.63, 3.8) is 0 Å². The van der Waals surface area contributed by atoms with Crippen LogP contribution in [0.1, 0.15) is 50.9 Å². The molecule has 3 rings (SSSR count). The number of hydrogen-bond donors (Lipinski definition) is 0. The van der Waals surface area contributed by atoms with Crippen LogP contribution in [0.2, 0.25) is 0 Å². The summed E-state index contributed by atoms with van der Waals surface area (Å²) >= 11 is 2.96. The second-order valence-corrected chi connectivity index (χ2v) is 9.99. The molecule has 148 valence electrons. The minimum absolute atomic E-state index is 0.169. The first-order chi connectivity index (χ1) is 13.3. The minimum Gasteiger partial charge on any atom is -0.465 e. The molecule has 0 saturated heterocycles. The van der Waals surface area contributed by atoms with E-state index in [0.717, 1.165) is 35.4 Å². The topological polar surface area (TPSA) is 63.0 Å². The van der Waals surface area contributed by atoms with E-state index in [9.17, 15) is 10.1 Å². The lowest BCUT2D eigenvalue weighted by Gasteiger charge is -2.35. The van der Waals surface area contributed by atoms with Crippen molar-refractivity contribution in [1.29, 1.82) is 5.26 Å². The fraction of sp³-hybridized carbons (Fsp3) is 0.500. The predicted molar refractivity (Wildman–Crippen MR) is 115 cm³/mol. The van der Waals surface area contributed by atoms with Gasteiger partial charge in [0.05, 0.1) is 17.9 Å². The van der Waals surface area contributed by atoms with Gasteiger partial charge in [-0.15, -0.1) is 11.3 Å². The summed E-state index contributed by atoms with van der Waals surface area (Å²) in [7, 11) is 0. The molecule has 2 aromatic rings. The Balaban J connectivity index is 2.07. The molecule has 0 bridgehead atoms. The molecule has 28 heavy (non-hydrogen) atoms. The molecule has 0 radical (unpaired) electrons. The summed E-state index contributed by atoms with van der Waals surface area (Å²) in [5, 5.41) is 12.7. The van der Waals surface area contributed by atoms with Crippen LogP contribution in [0.25, 0.3) is 10.4 Å². The summed E-state index contributed by atoms with van der Waals surface area (Å²) in [6, 6.07) is 6.47. The highest BCUT2D eigenvalue weighted by molar-refractivity contribution is 7.99. The standard InChI is InChI=1S/C22H26N2O2S2/c1-5-26-19(25)13-28-21-16(12-23)20(18-7-6-10-27-18)15-11-14(22(2,3)4)8-9-17(15)24-21/h6-7,10,14H,5,8-9,11,13H2,1-4H3/t14-/m1/s1. The summed E-state index contributed by atoms with van der Waals surface area (Å²) < 4.78 is 5.04. The Hall–Kier alpha value is -1.84. The molecule has 1 aliphatic carbocycles. The van der Waals surface area contributed by atoms with Crippen LogP contribution in [-0.4, -0.2) is 23.3 Å². The number of thiophene rings is 1. The van der Waals surface area contributed by atoms with E-state index in [1.165, 1.54) is 17.3 Å². The van der Waals surface area contributed by atoms with Gasteiger partial charge in [-0.05, 0) is 54.5 Å². The van der Waals surface area contributed by atoms with Crippen LogP contribution < -0.4 is 0 Å². The number of nitriles is 1. The third-order valence-electron chi connectivity index (χ3n) is 5.27.